The highest BCUT2D eigenvalue weighted by molar-refractivity contribution is 6.02. The standard InChI is InChI=1S/C16H14FN5O2/c1-9-7-14(20-19-9)18-16(24)15-13(23)8-10(2)22(21-15)12-6-4-3-5-11(12)17/h3-8H,1-2H3,(H2,18,19,20,24). The molecule has 0 bridgehead atoms. The highest BCUT2D eigenvalue weighted by atomic mass is 19.1. The molecule has 1 aromatic carbocycles. The lowest BCUT2D eigenvalue weighted by molar-refractivity contribution is 0.101. The molecule has 0 unspecified atom stereocenters. The van der Waals surface area contributed by atoms with E-state index < -0.39 is 17.2 Å². The molecule has 0 fully saturated rings. The third-order valence-electron chi connectivity index (χ3n) is 3.35. The second-order valence-electron chi connectivity index (χ2n) is 5.25. The van der Waals surface area contributed by atoms with Gasteiger partial charge >= 0.3 is 0 Å². The average Bonchev–Trinajstić information content (AvgIpc) is 2.93. The number of nitrogens with one attached hydrogen (secondary N) is 2. The van der Waals surface area contributed by atoms with Crippen LogP contribution in [0.1, 0.15) is 21.9 Å². The molecule has 2 heterocycles. The molecule has 122 valence electrons. The van der Waals surface area contributed by atoms with Crippen LogP contribution in [0.3, 0.4) is 0 Å². The first kappa shape index (κ1) is 15.6. The summed E-state index contributed by atoms with van der Waals surface area (Å²) in [5.41, 5.74) is 0.428. The molecule has 0 saturated carbocycles. The van der Waals surface area contributed by atoms with Gasteiger partial charge in [-0.15, -0.1) is 0 Å². The zero-order chi connectivity index (χ0) is 17.3. The summed E-state index contributed by atoms with van der Waals surface area (Å²) >= 11 is 0. The minimum absolute atomic E-state index is 0.152. The number of aromatic nitrogens is 4. The SMILES string of the molecule is Cc1cc(NC(=O)c2nn(-c3ccccc3F)c(C)cc2=O)n[nH]1. The summed E-state index contributed by atoms with van der Waals surface area (Å²) in [6.07, 6.45) is 0. The Morgan fingerprint density at radius 3 is 2.67 bits per heavy atom. The maximum absolute atomic E-state index is 14.0. The number of hydrogen-bond donors (Lipinski definition) is 2. The van der Waals surface area contributed by atoms with Gasteiger partial charge in [-0.2, -0.15) is 10.2 Å². The van der Waals surface area contributed by atoms with Gasteiger partial charge in [0, 0.05) is 23.5 Å². The summed E-state index contributed by atoms with van der Waals surface area (Å²) in [6, 6.07) is 8.83. The number of rotatable bonds is 3. The van der Waals surface area contributed by atoms with Crippen molar-refractivity contribution in [2.24, 2.45) is 0 Å². The van der Waals surface area contributed by atoms with Gasteiger partial charge in [0.25, 0.3) is 5.91 Å². The highest BCUT2D eigenvalue weighted by Gasteiger charge is 2.17. The van der Waals surface area contributed by atoms with E-state index in [4.69, 9.17) is 0 Å². The molecule has 2 aromatic heterocycles. The van der Waals surface area contributed by atoms with Gasteiger partial charge in [-0.05, 0) is 26.0 Å². The molecule has 0 aliphatic heterocycles. The van der Waals surface area contributed by atoms with E-state index in [1.54, 1.807) is 32.0 Å². The van der Waals surface area contributed by atoms with Crippen LogP contribution in [0.2, 0.25) is 0 Å². The monoisotopic (exact) mass is 327 g/mol. The Labute approximate surface area is 136 Å². The summed E-state index contributed by atoms with van der Waals surface area (Å²) in [6.45, 7) is 3.39. The van der Waals surface area contributed by atoms with Crippen LogP contribution in [0, 0.1) is 19.7 Å². The lowest BCUT2D eigenvalue weighted by atomic mass is 10.2. The molecule has 3 aromatic rings. The minimum Gasteiger partial charge on any atom is -0.304 e. The molecular formula is C16H14FN5O2. The maximum atomic E-state index is 14.0. The van der Waals surface area contributed by atoms with Crippen LogP contribution in [0.15, 0.2) is 41.2 Å². The number of aryl methyl sites for hydroxylation is 2. The van der Waals surface area contributed by atoms with Crippen molar-refractivity contribution in [2.75, 3.05) is 5.32 Å². The van der Waals surface area contributed by atoms with E-state index in [2.05, 4.69) is 20.6 Å². The second-order valence-corrected chi connectivity index (χ2v) is 5.25. The fraction of sp³-hybridized carbons (Fsp3) is 0.125. The molecule has 8 heteroatoms. The Kier molecular flexibility index (Phi) is 3.95. The van der Waals surface area contributed by atoms with Crippen molar-refractivity contribution in [3.63, 3.8) is 0 Å². The number of benzene rings is 1. The Hall–Kier alpha value is -3.29. The molecule has 1 amide bonds. The second kappa shape index (κ2) is 6.07. The molecule has 0 saturated heterocycles. The predicted molar refractivity (Wildman–Crippen MR) is 85.8 cm³/mol. The van der Waals surface area contributed by atoms with Gasteiger partial charge in [0.2, 0.25) is 5.43 Å². The normalized spacial score (nSPS) is 10.6. The van der Waals surface area contributed by atoms with Gasteiger partial charge in [0.05, 0.1) is 0 Å². The van der Waals surface area contributed by atoms with E-state index in [1.807, 2.05) is 0 Å². The van der Waals surface area contributed by atoms with E-state index in [0.717, 1.165) is 5.69 Å². The van der Waals surface area contributed by atoms with Gasteiger partial charge < -0.3 is 5.32 Å². The van der Waals surface area contributed by atoms with E-state index in [0.29, 0.717) is 5.69 Å². The molecule has 7 nitrogen and oxygen atoms in total. The van der Waals surface area contributed by atoms with Crippen LogP contribution in [-0.4, -0.2) is 25.9 Å². The van der Waals surface area contributed by atoms with Crippen LogP contribution in [0.5, 0.6) is 0 Å². The molecule has 0 aliphatic carbocycles. The first-order chi connectivity index (χ1) is 11.5. The van der Waals surface area contributed by atoms with Crippen LogP contribution in [0.25, 0.3) is 5.69 Å². The van der Waals surface area contributed by atoms with Crippen molar-refractivity contribution in [2.45, 2.75) is 13.8 Å². The molecule has 0 aliphatic rings. The zero-order valence-corrected chi connectivity index (χ0v) is 13.0. The summed E-state index contributed by atoms with van der Waals surface area (Å²) in [5, 5.41) is 13.0. The number of aromatic amines is 1. The molecule has 0 spiro atoms. The van der Waals surface area contributed by atoms with E-state index in [1.165, 1.54) is 22.9 Å². The Balaban J connectivity index is 2.03. The van der Waals surface area contributed by atoms with Gasteiger partial charge in [-0.25, -0.2) is 9.07 Å². The van der Waals surface area contributed by atoms with E-state index in [-0.39, 0.29) is 17.2 Å². The molecule has 24 heavy (non-hydrogen) atoms. The Morgan fingerprint density at radius 1 is 1.25 bits per heavy atom. The van der Waals surface area contributed by atoms with Crippen LogP contribution in [0.4, 0.5) is 10.2 Å². The Morgan fingerprint density at radius 2 is 2.00 bits per heavy atom. The van der Waals surface area contributed by atoms with E-state index >= 15 is 0 Å². The van der Waals surface area contributed by atoms with Gasteiger partial charge in [-0.1, -0.05) is 12.1 Å². The van der Waals surface area contributed by atoms with Gasteiger partial charge in [0.15, 0.2) is 11.5 Å². The number of H-pyrrole nitrogens is 1. The van der Waals surface area contributed by atoms with Crippen LogP contribution < -0.4 is 10.7 Å². The summed E-state index contributed by atoms with van der Waals surface area (Å²) in [4.78, 5) is 24.4. The lowest BCUT2D eigenvalue weighted by Gasteiger charge is -2.11. The van der Waals surface area contributed by atoms with Crippen molar-refractivity contribution in [3.8, 4) is 5.69 Å². The third-order valence-corrected chi connectivity index (χ3v) is 3.35. The molecule has 0 radical (unpaired) electrons. The summed E-state index contributed by atoms with van der Waals surface area (Å²) < 4.78 is 15.2. The number of amides is 1. The maximum Gasteiger partial charge on any atom is 0.281 e. The van der Waals surface area contributed by atoms with Gasteiger partial charge in [0.1, 0.15) is 11.5 Å². The number of anilines is 1. The fourth-order valence-corrected chi connectivity index (χ4v) is 2.23. The lowest BCUT2D eigenvalue weighted by Crippen LogP contribution is -2.27. The van der Waals surface area contributed by atoms with Crippen LogP contribution in [-0.2, 0) is 0 Å². The number of nitrogens with zero attached hydrogens (tertiary/aromatic N) is 3. The first-order valence-electron chi connectivity index (χ1n) is 7.15. The minimum atomic E-state index is -0.711. The number of carbonyl (C=O) groups excluding carboxylic acids is 1. The largest absolute Gasteiger partial charge is 0.304 e. The molecule has 3 rings (SSSR count). The molecule has 2 N–H and O–H groups in total. The zero-order valence-electron chi connectivity index (χ0n) is 13.0. The van der Waals surface area contributed by atoms with Crippen LogP contribution >= 0.6 is 0 Å². The van der Waals surface area contributed by atoms with E-state index in [9.17, 15) is 14.0 Å². The number of carbonyl (C=O) groups is 1. The van der Waals surface area contributed by atoms with Crippen molar-refractivity contribution >= 4 is 11.7 Å². The third kappa shape index (κ3) is 2.94. The fourth-order valence-electron chi connectivity index (χ4n) is 2.23. The van der Waals surface area contributed by atoms with Crippen molar-refractivity contribution in [1.82, 2.24) is 20.0 Å². The first-order valence-corrected chi connectivity index (χ1v) is 7.15. The average molecular weight is 327 g/mol. The topological polar surface area (TPSA) is 92.7 Å². The predicted octanol–water partition coefficient (Wildman–Crippen LogP) is 1.96. The number of para-hydroxylation sites is 1. The van der Waals surface area contributed by atoms with Crippen molar-refractivity contribution in [1.29, 1.82) is 0 Å². The summed E-state index contributed by atoms with van der Waals surface area (Å²) in [5.74, 6) is -0.945. The smallest absolute Gasteiger partial charge is 0.281 e. The van der Waals surface area contributed by atoms with Gasteiger partial charge in [-0.3, -0.25) is 14.7 Å². The number of hydrogen-bond acceptors (Lipinski definition) is 4. The number of halogens is 1. The summed E-state index contributed by atoms with van der Waals surface area (Å²) in [7, 11) is 0. The Bertz CT molecular complexity index is 977. The quantitative estimate of drug-likeness (QED) is 0.769. The molecular weight excluding hydrogens is 313 g/mol. The highest BCUT2D eigenvalue weighted by Crippen LogP contribution is 2.13. The van der Waals surface area contributed by atoms with Crippen molar-refractivity contribution in [3.05, 3.63) is 69.5 Å². The molecule has 0 atom stereocenters. The van der Waals surface area contributed by atoms with Crippen molar-refractivity contribution < 1.29 is 9.18 Å².